The summed E-state index contributed by atoms with van der Waals surface area (Å²) in [5, 5.41) is 0. The molecule has 1 fully saturated rings. The highest BCUT2D eigenvalue weighted by Gasteiger charge is 2.28. The van der Waals surface area contributed by atoms with Crippen LogP contribution >= 0.6 is 0 Å². The van der Waals surface area contributed by atoms with Crippen molar-refractivity contribution in [1.29, 1.82) is 0 Å². The number of hydrogen-bond donors (Lipinski definition) is 0. The molecule has 3 atom stereocenters. The summed E-state index contributed by atoms with van der Waals surface area (Å²) in [4.78, 5) is 2.03. The average molecular weight is 192 g/mol. The summed E-state index contributed by atoms with van der Waals surface area (Å²) in [6.45, 7) is 5.62. The van der Waals surface area contributed by atoms with E-state index in [1.807, 2.05) is 24.0 Å². The van der Waals surface area contributed by atoms with E-state index < -0.39 is 6.71 Å². The molecule has 0 aromatic heterocycles. The predicted octanol–water partition coefficient (Wildman–Crippen LogP) is 2.57. The van der Waals surface area contributed by atoms with Crippen molar-refractivity contribution in [2.24, 2.45) is 0 Å². The molecule has 1 aromatic carbocycles. The zero-order chi connectivity index (χ0) is 11.0. The van der Waals surface area contributed by atoms with Crippen LogP contribution in [-0.4, -0.2) is 18.9 Å². The van der Waals surface area contributed by atoms with Crippen LogP contribution in [0.4, 0.5) is 5.69 Å². The number of ether oxygens (including phenoxy) is 1. The van der Waals surface area contributed by atoms with Crippen LogP contribution < -0.4 is 4.90 Å². The molecule has 0 N–H and O–H groups in total. The molecular weight excluding hydrogens is 174 g/mol. The van der Waals surface area contributed by atoms with Crippen molar-refractivity contribution >= 4 is 5.69 Å². The molecule has 14 heavy (non-hydrogen) atoms. The Balaban J connectivity index is 2.35. The Morgan fingerprint density at radius 2 is 2.14 bits per heavy atom. The van der Waals surface area contributed by atoms with Gasteiger partial charge in [-0.05, 0) is 32.4 Å². The van der Waals surface area contributed by atoms with Crippen LogP contribution in [0.2, 0.25) is 0 Å². The summed E-state index contributed by atoms with van der Waals surface area (Å²) in [6, 6.07) is 8.40. The minimum Gasteiger partial charge on any atom is -0.356 e. The molecule has 1 heterocycles. The molecule has 2 nitrogen and oxygen atoms in total. The Bertz CT molecular complexity index is 355. The number of anilines is 1. The topological polar surface area (TPSA) is 12.5 Å². The second-order valence-corrected chi connectivity index (χ2v) is 3.88. The van der Waals surface area contributed by atoms with Gasteiger partial charge in [-0.1, -0.05) is 18.2 Å². The quantitative estimate of drug-likeness (QED) is 0.678. The van der Waals surface area contributed by atoms with E-state index >= 15 is 0 Å². The predicted molar refractivity (Wildman–Crippen MR) is 58.5 cm³/mol. The molecule has 76 valence electrons. The molecule has 2 unspecified atom stereocenters. The molecule has 1 aromatic rings. The normalized spacial score (nSPS) is 33.2. The third kappa shape index (κ3) is 1.50. The van der Waals surface area contributed by atoms with E-state index in [4.69, 9.17) is 6.11 Å². The lowest BCUT2D eigenvalue weighted by Gasteiger charge is -2.24. The first kappa shape index (κ1) is 8.30. The van der Waals surface area contributed by atoms with Crippen molar-refractivity contribution in [2.45, 2.75) is 32.9 Å². The third-order valence-corrected chi connectivity index (χ3v) is 2.90. The van der Waals surface area contributed by atoms with Crippen molar-refractivity contribution in [3.8, 4) is 0 Å². The number of para-hydroxylation sites is 1. The largest absolute Gasteiger partial charge is 0.356 e. The highest BCUT2D eigenvalue weighted by atomic mass is 16.5. The maximum Gasteiger partial charge on any atom is 0.119 e. The van der Waals surface area contributed by atoms with Gasteiger partial charge in [0.15, 0.2) is 0 Å². The summed E-state index contributed by atoms with van der Waals surface area (Å²) in [5.41, 5.74) is 2.30. The van der Waals surface area contributed by atoms with Crippen molar-refractivity contribution in [3.63, 3.8) is 0 Å². The molecule has 2 rings (SSSR count). The standard InChI is InChI=1S/C12H17NO/c1-9-6-4-5-7-12(9)13-8-14-11(3)10(13)2/h4-7,10-11H,8H2,1-3H3/t10-,11?/m0/s1/i8D/t8?,10-,11?. The monoisotopic (exact) mass is 192 g/mol. The molecule has 1 aliphatic heterocycles. The second kappa shape index (κ2) is 3.62. The molecule has 0 aliphatic carbocycles. The third-order valence-electron chi connectivity index (χ3n) is 2.90. The number of rotatable bonds is 1. The fraction of sp³-hybridized carbons (Fsp3) is 0.500. The fourth-order valence-electron chi connectivity index (χ4n) is 1.73. The van der Waals surface area contributed by atoms with Gasteiger partial charge in [-0.25, -0.2) is 0 Å². The van der Waals surface area contributed by atoms with Crippen LogP contribution in [0.3, 0.4) is 0 Å². The zero-order valence-electron chi connectivity index (χ0n) is 9.90. The van der Waals surface area contributed by atoms with Crippen LogP contribution in [0.15, 0.2) is 24.3 Å². The smallest absolute Gasteiger partial charge is 0.119 e. The first-order chi connectivity index (χ1) is 7.11. The van der Waals surface area contributed by atoms with Crippen molar-refractivity contribution < 1.29 is 6.11 Å². The van der Waals surface area contributed by atoms with Crippen LogP contribution in [0.25, 0.3) is 0 Å². The van der Waals surface area contributed by atoms with E-state index in [-0.39, 0.29) is 12.1 Å². The Morgan fingerprint density at radius 1 is 1.43 bits per heavy atom. The van der Waals surface area contributed by atoms with Gasteiger partial charge in [0.2, 0.25) is 0 Å². The lowest BCUT2D eigenvalue weighted by atomic mass is 10.1. The van der Waals surface area contributed by atoms with Gasteiger partial charge in [-0.15, -0.1) is 0 Å². The Labute approximate surface area is 86.9 Å². The molecule has 1 aliphatic rings. The lowest BCUT2D eigenvalue weighted by molar-refractivity contribution is 0.120. The van der Waals surface area contributed by atoms with Gasteiger partial charge >= 0.3 is 0 Å². The Hall–Kier alpha value is -1.02. The summed E-state index contributed by atoms with van der Waals surface area (Å²) in [5.74, 6) is 0. The fourth-order valence-corrected chi connectivity index (χ4v) is 1.73. The van der Waals surface area contributed by atoms with Gasteiger partial charge in [0.25, 0.3) is 0 Å². The highest BCUT2D eigenvalue weighted by molar-refractivity contribution is 5.54. The number of nitrogens with zero attached hydrogens (tertiary/aromatic N) is 1. The molecule has 0 amide bonds. The molecule has 2 heteroatoms. The van der Waals surface area contributed by atoms with E-state index in [0.29, 0.717) is 0 Å². The van der Waals surface area contributed by atoms with Gasteiger partial charge in [0.1, 0.15) is 6.71 Å². The van der Waals surface area contributed by atoms with Crippen LogP contribution in [-0.2, 0) is 4.74 Å². The van der Waals surface area contributed by atoms with Crippen LogP contribution in [0.1, 0.15) is 20.8 Å². The van der Waals surface area contributed by atoms with E-state index in [0.717, 1.165) is 5.69 Å². The van der Waals surface area contributed by atoms with Gasteiger partial charge in [0.05, 0.1) is 13.5 Å². The SMILES string of the molecule is [2H]C1OC(C)[C@H](C)N1c1ccccc1C. The number of aryl methyl sites for hydroxylation is 1. The first-order valence-electron chi connectivity index (χ1n) is 5.60. The van der Waals surface area contributed by atoms with E-state index in [2.05, 4.69) is 26.0 Å². The second-order valence-electron chi connectivity index (χ2n) is 3.88. The Kier molecular flexibility index (Phi) is 2.15. The van der Waals surface area contributed by atoms with Crippen molar-refractivity contribution in [2.75, 3.05) is 11.6 Å². The van der Waals surface area contributed by atoms with Crippen LogP contribution in [0, 0.1) is 6.92 Å². The molecule has 0 bridgehead atoms. The van der Waals surface area contributed by atoms with Gasteiger partial charge in [-0.2, -0.15) is 0 Å². The van der Waals surface area contributed by atoms with E-state index in [1.54, 1.807) is 0 Å². The average Bonchev–Trinajstić information content (AvgIpc) is 2.43. The maximum absolute atomic E-state index is 7.89. The van der Waals surface area contributed by atoms with E-state index in [9.17, 15) is 0 Å². The minimum atomic E-state index is -0.573. The van der Waals surface area contributed by atoms with Crippen molar-refractivity contribution in [3.05, 3.63) is 29.8 Å². The molecule has 0 spiro atoms. The number of benzene rings is 1. The Morgan fingerprint density at radius 3 is 2.71 bits per heavy atom. The van der Waals surface area contributed by atoms with Gasteiger partial charge in [0, 0.05) is 5.69 Å². The van der Waals surface area contributed by atoms with Gasteiger partial charge in [-0.3, -0.25) is 0 Å². The minimum absolute atomic E-state index is 0.118. The molecular formula is C12H17NO. The highest BCUT2D eigenvalue weighted by Crippen LogP contribution is 2.27. The lowest BCUT2D eigenvalue weighted by Crippen LogP contribution is -2.31. The summed E-state index contributed by atoms with van der Waals surface area (Å²) in [7, 11) is 0. The van der Waals surface area contributed by atoms with Crippen LogP contribution in [0.5, 0.6) is 0 Å². The molecule has 0 radical (unpaired) electrons. The summed E-state index contributed by atoms with van der Waals surface area (Å²) >= 11 is 0. The van der Waals surface area contributed by atoms with Gasteiger partial charge < -0.3 is 9.64 Å². The number of hydrogen-bond acceptors (Lipinski definition) is 2. The zero-order valence-corrected chi connectivity index (χ0v) is 8.90. The molecule has 0 saturated carbocycles. The molecule has 1 saturated heterocycles. The first-order valence-corrected chi connectivity index (χ1v) is 5.03. The summed E-state index contributed by atoms with van der Waals surface area (Å²) < 4.78 is 13.4. The van der Waals surface area contributed by atoms with Crippen molar-refractivity contribution in [1.82, 2.24) is 0 Å². The maximum atomic E-state index is 7.89. The van der Waals surface area contributed by atoms with E-state index in [1.165, 1.54) is 5.56 Å². The summed E-state index contributed by atoms with van der Waals surface area (Å²) in [6.07, 6.45) is 0.118.